The summed E-state index contributed by atoms with van der Waals surface area (Å²) in [6.45, 7) is 0.0490. The van der Waals surface area contributed by atoms with E-state index in [2.05, 4.69) is 0 Å². The molecule has 2 rings (SSSR count). The minimum absolute atomic E-state index is 0.0753. The molecule has 1 aromatic carbocycles. The average Bonchev–Trinajstić information content (AvgIpc) is 2.46. The molecule has 0 radical (unpaired) electrons. The van der Waals surface area contributed by atoms with Gasteiger partial charge in [0, 0.05) is 18.0 Å². The van der Waals surface area contributed by atoms with E-state index in [1.165, 1.54) is 16.7 Å². The third kappa shape index (κ3) is 3.86. The maximum atomic E-state index is 12.8. The van der Waals surface area contributed by atoms with Crippen LogP contribution in [0.2, 0.25) is 5.02 Å². The normalized spacial score (nSPS) is 19.7. The molecule has 0 aromatic heterocycles. The molecule has 1 saturated heterocycles. The van der Waals surface area contributed by atoms with Crippen LogP contribution < -0.4 is 0 Å². The number of nitrogens with zero attached hydrogens (tertiary/aromatic N) is 1. The molecule has 116 valence electrons. The molecule has 21 heavy (non-hydrogen) atoms. The molecule has 1 heterocycles. The summed E-state index contributed by atoms with van der Waals surface area (Å²) < 4.78 is 38.4. The van der Waals surface area contributed by atoms with Gasteiger partial charge in [-0.05, 0) is 37.3 Å². The van der Waals surface area contributed by atoms with Crippen molar-refractivity contribution >= 4 is 29.3 Å². The number of hydrogen-bond acceptors (Lipinski definition) is 2. The monoisotopic (exact) mass is 337 g/mol. The summed E-state index contributed by atoms with van der Waals surface area (Å²) in [5.41, 5.74) is 0.270. The lowest BCUT2D eigenvalue weighted by molar-refractivity contribution is -0.184. The molecule has 0 bridgehead atoms. The van der Waals surface area contributed by atoms with Crippen molar-refractivity contribution in [3.63, 3.8) is 0 Å². The SMILES string of the molecule is CSc1ccc(Cl)c(C(=O)N2CCC[C@@H](C(F)(F)F)C2)c1. The number of benzene rings is 1. The Morgan fingerprint density at radius 2 is 2.14 bits per heavy atom. The second kappa shape index (κ2) is 6.48. The van der Waals surface area contributed by atoms with Crippen molar-refractivity contribution in [2.75, 3.05) is 19.3 Å². The molecule has 7 heteroatoms. The zero-order chi connectivity index (χ0) is 15.6. The molecule has 0 N–H and O–H groups in total. The van der Waals surface area contributed by atoms with Crippen LogP contribution in [0.25, 0.3) is 0 Å². The number of amides is 1. The van der Waals surface area contributed by atoms with Gasteiger partial charge >= 0.3 is 6.18 Å². The fourth-order valence-electron chi connectivity index (χ4n) is 2.39. The van der Waals surface area contributed by atoms with Gasteiger partial charge in [-0.1, -0.05) is 11.6 Å². The van der Waals surface area contributed by atoms with E-state index in [9.17, 15) is 18.0 Å². The summed E-state index contributed by atoms with van der Waals surface area (Å²) in [5, 5.41) is 0.270. The molecule has 1 aromatic rings. The Labute approximate surface area is 130 Å². The van der Waals surface area contributed by atoms with Gasteiger partial charge in [0.2, 0.25) is 0 Å². The predicted octanol–water partition coefficient (Wildman–Crippen LogP) is 4.48. The Kier molecular flexibility index (Phi) is 5.09. The summed E-state index contributed by atoms with van der Waals surface area (Å²) in [6, 6.07) is 5.01. The molecule has 0 unspecified atom stereocenters. The standard InChI is InChI=1S/C14H15ClF3NOS/c1-21-10-4-5-12(15)11(7-10)13(20)19-6-2-3-9(8-19)14(16,17)18/h4-5,7,9H,2-3,6,8H2,1H3/t9-/m1/s1. The summed E-state index contributed by atoms with van der Waals surface area (Å²) in [5.74, 6) is -1.87. The van der Waals surface area contributed by atoms with Crippen molar-refractivity contribution in [1.29, 1.82) is 0 Å². The van der Waals surface area contributed by atoms with Crippen LogP contribution >= 0.6 is 23.4 Å². The molecule has 0 saturated carbocycles. The fourth-order valence-corrected chi connectivity index (χ4v) is 3.03. The first kappa shape index (κ1) is 16.5. The zero-order valence-corrected chi connectivity index (χ0v) is 13.0. The van der Waals surface area contributed by atoms with Gasteiger partial charge < -0.3 is 4.90 Å². The van der Waals surface area contributed by atoms with Crippen molar-refractivity contribution in [2.45, 2.75) is 23.9 Å². The number of alkyl halides is 3. The maximum absolute atomic E-state index is 12.8. The molecule has 1 aliphatic rings. The van der Waals surface area contributed by atoms with Gasteiger partial charge in [-0.2, -0.15) is 13.2 Å². The van der Waals surface area contributed by atoms with Crippen molar-refractivity contribution in [2.24, 2.45) is 5.92 Å². The highest BCUT2D eigenvalue weighted by atomic mass is 35.5. The third-order valence-corrected chi connectivity index (χ3v) is 4.63. The van der Waals surface area contributed by atoms with E-state index in [4.69, 9.17) is 11.6 Å². The maximum Gasteiger partial charge on any atom is 0.393 e. The number of likely N-dealkylation sites (tertiary alicyclic amines) is 1. The molecule has 1 amide bonds. The number of rotatable bonds is 2. The lowest BCUT2D eigenvalue weighted by Crippen LogP contribution is -2.44. The largest absolute Gasteiger partial charge is 0.393 e. The molecule has 0 spiro atoms. The van der Waals surface area contributed by atoms with Crippen LogP contribution in [0.4, 0.5) is 13.2 Å². The quantitative estimate of drug-likeness (QED) is 0.742. The van der Waals surface area contributed by atoms with E-state index in [1.54, 1.807) is 18.2 Å². The minimum Gasteiger partial charge on any atom is -0.338 e. The van der Waals surface area contributed by atoms with Gasteiger partial charge in [-0.3, -0.25) is 4.79 Å². The zero-order valence-electron chi connectivity index (χ0n) is 11.4. The smallest absolute Gasteiger partial charge is 0.338 e. The molecule has 0 aliphatic carbocycles. The van der Waals surface area contributed by atoms with Crippen molar-refractivity contribution in [3.8, 4) is 0 Å². The van der Waals surface area contributed by atoms with Crippen LogP contribution in [-0.2, 0) is 0 Å². The Balaban J connectivity index is 2.20. The van der Waals surface area contributed by atoms with Crippen molar-refractivity contribution < 1.29 is 18.0 Å². The van der Waals surface area contributed by atoms with Crippen LogP contribution in [0.3, 0.4) is 0 Å². The highest BCUT2D eigenvalue weighted by Gasteiger charge is 2.42. The Bertz CT molecular complexity index is 535. The Hall–Kier alpha value is -0.880. The van der Waals surface area contributed by atoms with E-state index in [1.807, 2.05) is 6.26 Å². The van der Waals surface area contributed by atoms with Crippen LogP contribution in [-0.4, -0.2) is 36.3 Å². The lowest BCUT2D eigenvalue weighted by Gasteiger charge is -2.34. The van der Waals surface area contributed by atoms with Gasteiger partial charge in [0.05, 0.1) is 16.5 Å². The molecule has 1 fully saturated rings. The number of carbonyl (C=O) groups is 1. The molecule has 2 nitrogen and oxygen atoms in total. The van der Waals surface area contributed by atoms with Gasteiger partial charge in [0.1, 0.15) is 0 Å². The second-order valence-corrected chi connectivity index (χ2v) is 6.26. The van der Waals surface area contributed by atoms with Gasteiger partial charge in [-0.15, -0.1) is 11.8 Å². The molecule has 1 aliphatic heterocycles. The van der Waals surface area contributed by atoms with Gasteiger partial charge in [-0.25, -0.2) is 0 Å². The average molecular weight is 338 g/mol. The molecular weight excluding hydrogens is 323 g/mol. The number of carbonyl (C=O) groups excluding carboxylic acids is 1. The van der Waals surface area contributed by atoms with E-state index < -0.39 is 18.0 Å². The van der Waals surface area contributed by atoms with E-state index in [0.29, 0.717) is 13.0 Å². The first-order chi connectivity index (χ1) is 9.82. The van der Waals surface area contributed by atoms with Gasteiger partial charge in [0.25, 0.3) is 5.91 Å². The minimum atomic E-state index is -4.26. The summed E-state index contributed by atoms with van der Waals surface area (Å²) in [7, 11) is 0. The van der Waals surface area contributed by atoms with Crippen molar-refractivity contribution in [1.82, 2.24) is 4.90 Å². The topological polar surface area (TPSA) is 20.3 Å². The Morgan fingerprint density at radius 3 is 2.76 bits per heavy atom. The first-order valence-corrected chi connectivity index (χ1v) is 8.12. The van der Waals surface area contributed by atoms with E-state index in [-0.39, 0.29) is 23.6 Å². The summed E-state index contributed by atoms with van der Waals surface area (Å²) in [4.78, 5) is 14.5. The van der Waals surface area contributed by atoms with Crippen molar-refractivity contribution in [3.05, 3.63) is 28.8 Å². The second-order valence-electron chi connectivity index (χ2n) is 4.98. The van der Waals surface area contributed by atoms with E-state index in [0.717, 1.165) is 4.90 Å². The molecule has 1 atom stereocenters. The molecular formula is C14H15ClF3NOS. The van der Waals surface area contributed by atoms with Crippen LogP contribution in [0.15, 0.2) is 23.1 Å². The van der Waals surface area contributed by atoms with Crippen LogP contribution in [0.1, 0.15) is 23.2 Å². The number of halogens is 4. The summed E-state index contributed by atoms with van der Waals surface area (Å²) in [6.07, 6.45) is -1.97. The fraction of sp³-hybridized carbons (Fsp3) is 0.500. The number of piperidine rings is 1. The number of thioether (sulfide) groups is 1. The highest BCUT2D eigenvalue weighted by Crippen LogP contribution is 2.34. The Morgan fingerprint density at radius 1 is 1.43 bits per heavy atom. The number of hydrogen-bond donors (Lipinski definition) is 0. The third-order valence-electron chi connectivity index (χ3n) is 3.58. The van der Waals surface area contributed by atoms with E-state index >= 15 is 0 Å². The van der Waals surface area contributed by atoms with Gasteiger partial charge in [0.15, 0.2) is 0 Å². The summed E-state index contributed by atoms with van der Waals surface area (Å²) >= 11 is 7.47. The lowest BCUT2D eigenvalue weighted by atomic mass is 9.97. The first-order valence-electron chi connectivity index (χ1n) is 6.52. The highest BCUT2D eigenvalue weighted by molar-refractivity contribution is 7.98. The van der Waals surface area contributed by atoms with Crippen LogP contribution in [0, 0.1) is 5.92 Å². The predicted molar refractivity (Wildman–Crippen MR) is 77.9 cm³/mol. The van der Waals surface area contributed by atoms with Crippen LogP contribution in [0.5, 0.6) is 0 Å².